The second-order valence-corrected chi connectivity index (χ2v) is 4.64. The zero-order chi connectivity index (χ0) is 11.1. The highest BCUT2D eigenvalue weighted by Gasteiger charge is 2.41. The van der Waals surface area contributed by atoms with Crippen LogP contribution in [0.25, 0.3) is 0 Å². The van der Waals surface area contributed by atoms with Crippen LogP contribution in [-0.4, -0.2) is 23.4 Å². The van der Waals surface area contributed by atoms with E-state index in [9.17, 15) is 4.79 Å². The Morgan fingerprint density at radius 1 is 1.31 bits per heavy atom. The molecule has 0 saturated heterocycles. The zero-order valence-corrected chi connectivity index (χ0v) is 9.23. The maximum Gasteiger partial charge on any atom is 0.255 e. The molecule has 1 atom stereocenters. The maximum absolute atomic E-state index is 12.3. The van der Waals surface area contributed by atoms with Crippen molar-refractivity contribution in [2.24, 2.45) is 5.73 Å². The second-order valence-electron chi connectivity index (χ2n) is 4.64. The third-order valence-electron chi connectivity index (χ3n) is 3.81. The van der Waals surface area contributed by atoms with Gasteiger partial charge in [0.15, 0.2) is 0 Å². The lowest BCUT2D eigenvalue weighted by atomic mass is 9.90. The van der Waals surface area contributed by atoms with Crippen LogP contribution in [0.4, 0.5) is 0 Å². The number of rotatable bonds is 2. The van der Waals surface area contributed by atoms with Crippen LogP contribution in [0.2, 0.25) is 0 Å². The summed E-state index contributed by atoms with van der Waals surface area (Å²) in [5.41, 5.74) is 7.79. The lowest BCUT2D eigenvalue weighted by Crippen LogP contribution is -2.44. The molecule has 1 aliphatic heterocycles. The monoisotopic (exact) mass is 216 g/mol. The number of carbonyl (C=O) groups excluding carboxylic acids is 1. The number of nitrogens with zero attached hydrogens (tertiary/aromatic N) is 1. The number of amides is 1. The molecule has 2 aliphatic rings. The van der Waals surface area contributed by atoms with E-state index in [1.165, 1.54) is 6.42 Å². The fraction of sp³-hybridized carbons (Fsp3) is 0.462. The fourth-order valence-corrected chi connectivity index (χ4v) is 2.74. The molecule has 0 aromatic heterocycles. The molecule has 1 heterocycles. The third kappa shape index (κ3) is 1.21. The Hall–Kier alpha value is -1.35. The van der Waals surface area contributed by atoms with E-state index in [-0.39, 0.29) is 11.9 Å². The summed E-state index contributed by atoms with van der Waals surface area (Å²) in [7, 11) is 0. The summed E-state index contributed by atoms with van der Waals surface area (Å²) in [6.45, 7) is 0.527. The fourth-order valence-electron chi connectivity index (χ4n) is 2.74. The molecule has 0 bridgehead atoms. The topological polar surface area (TPSA) is 46.3 Å². The normalized spacial score (nSPS) is 24.4. The van der Waals surface area contributed by atoms with Crippen LogP contribution in [-0.2, 0) is 0 Å². The number of carbonyl (C=O) groups is 1. The van der Waals surface area contributed by atoms with Gasteiger partial charge in [-0.1, -0.05) is 18.2 Å². The summed E-state index contributed by atoms with van der Waals surface area (Å²) in [5, 5.41) is 0. The molecule has 1 aromatic carbocycles. The molecular formula is C13H16N2O. The first-order valence-electron chi connectivity index (χ1n) is 5.94. The Morgan fingerprint density at radius 2 is 2.06 bits per heavy atom. The van der Waals surface area contributed by atoms with Crippen LogP contribution in [0.1, 0.15) is 41.2 Å². The van der Waals surface area contributed by atoms with Crippen molar-refractivity contribution in [3.8, 4) is 0 Å². The minimum atomic E-state index is 0.106. The van der Waals surface area contributed by atoms with Crippen molar-refractivity contribution in [2.45, 2.75) is 31.3 Å². The lowest BCUT2D eigenvalue weighted by Gasteiger charge is -2.38. The third-order valence-corrected chi connectivity index (χ3v) is 3.81. The van der Waals surface area contributed by atoms with E-state index in [4.69, 9.17) is 5.73 Å². The van der Waals surface area contributed by atoms with Crippen LogP contribution < -0.4 is 5.73 Å². The van der Waals surface area contributed by atoms with Crippen LogP contribution in [0, 0.1) is 0 Å². The minimum absolute atomic E-state index is 0.106. The van der Waals surface area contributed by atoms with Gasteiger partial charge in [0.2, 0.25) is 0 Å². The van der Waals surface area contributed by atoms with Gasteiger partial charge in [-0.3, -0.25) is 4.79 Å². The second kappa shape index (κ2) is 3.59. The summed E-state index contributed by atoms with van der Waals surface area (Å²) in [6, 6.07) is 8.39. The predicted molar refractivity (Wildman–Crippen MR) is 62.0 cm³/mol. The van der Waals surface area contributed by atoms with Crippen LogP contribution >= 0.6 is 0 Å². The zero-order valence-electron chi connectivity index (χ0n) is 9.23. The van der Waals surface area contributed by atoms with Gasteiger partial charge in [-0.05, 0) is 30.9 Å². The van der Waals surface area contributed by atoms with Crippen molar-refractivity contribution < 1.29 is 4.79 Å². The van der Waals surface area contributed by atoms with Gasteiger partial charge < -0.3 is 10.6 Å². The molecule has 3 nitrogen and oxygen atoms in total. The molecule has 1 saturated carbocycles. The van der Waals surface area contributed by atoms with Gasteiger partial charge in [0.1, 0.15) is 0 Å². The van der Waals surface area contributed by atoms with Crippen molar-refractivity contribution in [3.63, 3.8) is 0 Å². The summed E-state index contributed by atoms with van der Waals surface area (Å²) in [6.07, 6.45) is 3.51. The van der Waals surface area contributed by atoms with Crippen molar-refractivity contribution in [1.29, 1.82) is 0 Å². The predicted octanol–water partition coefficient (Wildman–Crippen LogP) is 1.69. The summed E-state index contributed by atoms with van der Waals surface area (Å²) in [4.78, 5) is 14.3. The molecule has 0 spiro atoms. The minimum Gasteiger partial charge on any atom is -0.328 e. The van der Waals surface area contributed by atoms with Crippen LogP contribution in [0.3, 0.4) is 0 Å². The molecular weight excluding hydrogens is 200 g/mol. The SMILES string of the molecule is NCC1c2ccccc2C(=O)N1C1CCC1. The molecule has 1 aliphatic carbocycles. The molecule has 1 amide bonds. The molecule has 2 N–H and O–H groups in total. The Labute approximate surface area is 95.2 Å². The molecule has 84 valence electrons. The van der Waals surface area contributed by atoms with Crippen LogP contribution in [0.15, 0.2) is 24.3 Å². The van der Waals surface area contributed by atoms with Crippen molar-refractivity contribution in [2.75, 3.05) is 6.54 Å². The quantitative estimate of drug-likeness (QED) is 0.817. The highest BCUT2D eigenvalue weighted by molar-refractivity contribution is 5.99. The van der Waals surface area contributed by atoms with E-state index in [0.717, 1.165) is 24.0 Å². The standard InChI is InChI=1S/C13H16N2O/c14-8-12-10-6-1-2-7-11(10)13(16)15(12)9-4-3-5-9/h1-2,6-7,9,12H,3-5,8,14H2. The summed E-state index contributed by atoms with van der Waals surface area (Å²) >= 11 is 0. The van der Waals surface area contributed by atoms with Gasteiger partial charge in [-0.2, -0.15) is 0 Å². The molecule has 1 aromatic rings. The van der Waals surface area contributed by atoms with E-state index in [0.29, 0.717) is 12.6 Å². The van der Waals surface area contributed by atoms with E-state index in [1.54, 1.807) is 0 Å². The molecule has 3 rings (SSSR count). The van der Waals surface area contributed by atoms with Gasteiger partial charge in [0.25, 0.3) is 5.91 Å². The van der Waals surface area contributed by atoms with Gasteiger partial charge in [-0.25, -0.2) is 0 Å². The highest BCUT2D eigenvalue weighted by Crippen LogP contribution is 2.39. The van der Waals surface area contributed by atoms with E-state index in [1.807, 2.05) is 29.2 Å². The summed E-state index contributed by atoms with van der Waals surface area (Å²) < 4.78 is 0. The van der Waals surface area contributed by atoms with E-state index >= 15 is 0 Å². The highest BCUT2D eigenvalue weighted by atomic mass is 16.2. The number of fused-ring (bicyclic) bond motifs is 1. The van der Waals surface area contributed by atoms with E-state index < -0.39 is 0 Å². The molecule has 1 unspecified atom stereocenters. The van der Waals surface area contributed by atoms with Gasteiger partial charge in [0, 0.05) is 18.2 Å². The first-order chi connectivity index (χ1) is 7.83. The summed E-state index contributed by atoms with van der Waals surface area (Å²) in [5.74, 6) is 0.177. The van der Waals surface area contributed by atoms with Crippen molar-refractivity contribution in [1.82, 2.24) is 4.90 Å². The molecule has 16 heavy (non-hydrogen) atoms. The Kier molecular flexibility index (Phi) is 2.21. The first kappa shape index (κ1) is 9.85. The maximum atomic E-state index is 12.3. The Bertz CT molecular complexity index is 426. The van der Waals surface area contributed by atoms with Gasteiger partial charge >= 0.3 is 0 Å². The van der Waals surface area contributed by atoms with Gasteiger partial charge in [0.05, 0.1) is 6.04 Å². The van der Waals surface area contributed by atoms with Crippen molar-refractivity contribution in [3.05, 3.63) is 35.4 Å². The number of benzene rings is 1. The van der Waals surface area contributed by atoms with Gasteiger partial charge in [-0.15, -0.1) is 0 Å². The molecule has 3 heteroatoms. The average molecular weight is 216 g/mol. The average Bonchev–Trinajstić information content (AvgIpc) is 2.51. The smallest absolute Gasteiger partial charge is 0.255 e. The number of hydrogen-bond donors (Lipinski definition) is 1. The van der Waals surface area contributed by atoms with Crippen LogP contribution in [0.5, 0.6) is 0 Å². The van der Waals surface area contributed by atoms with E-state index in [2.05, 4.69) is 0 Å². The molecule has 1 fully saturated rings. The Morgan fingerprint density at radius 3 is 2.69 bits per heavy atom. The Balaban J connectivity index is 2.01. The number of nitrogens with two attached hydrogens (primary N) is 1. The number of hydrogen-bond acceptors (Lipinski definition) is 2. The first-order valence-corrected chi connectivity index (χ1v) is 5.94. The molecule has 0 radical (unpaired) electrons. The lowest BCUT2D eigenvalue weighted by molar-refractivity contribution is 0.0513. The largest absolute Gasteiger partial charge is 0.328 e. The van der Waals surface area contributed by atoms with Crippen molar-refractivity contribution >= 4 is 5.91 Å².